The molecule has 0 spiro atoms. The maximum atomic E-state index is 11.1. The summed E-state index contributed by atoms with van der Waals surface area (Å²) in [5.74, 6) is 6.28. The van der Waals surface area contributed by atoms with Crippen LogP contribution in [0.2, 0.25) is 0 Å². The number of amides is 1. The van der Waals surface area contributed by atoms with Crippen LogP contribution in [0.3, 0.4) is 0 Å². The summed E-state index contributed by atoms with van der Waals surface area (Å²) < 4.78 is 4.55. The van der Waals surface area contributed by atoms with E-state index in [9.17, 15) is 4.79 Å². The number of carbonyl (C=O) groups excluding carboxylic acids is 1. The second-order valence-electron chi connectivity index (χ2n) is 3.91. The highest BCUT2D eigenvalue weighted by molar-refractivity contribution is 5.77. The first-order chi connectivity index (χ1) is 8.33. The molecular formula is C13H19NO3. The fourth-order valence-electron chi connectivity index (χ4n) is 1.64. The summed E-state index contributed by atoms with van der Waals surface area (Å²) in [5, 5.41) is 11.0. The Morgan fingerprint density at radius 3 is 3.24 bits per heavy atom. The van der Waals surface area contributed by atoms with E-state index in [-0.39, 0.29) is 12.5 Å². The van der Waals surface area contributed by atoms with Gasteiger partial charge in [-0.1, -0.05) is 24.0 Å². The highest BCUT2D eigenvalue weighted by Crippen LogP contribution is 2.16. The van der Waals surface area contributed by atoms with Gasteiger partial charge in [-0.05, 0) is 25.7 Å². The van der Waals surface area contributed by atoms with Crippen molar-refractivity contribution in [3.8, 4) is 11.8 Å². The Kier molecular flexibility index (Phi) is 7.12. The maximum absolute atomic E-state index is 11.1. The molecule has 1 amide bonds. The van der Waals surface area contributed by atoms with E-state index < -0.39 is 6.79 Å². The fraction of sp³-hybridized carbons (Fsp3) is 0.615. The third-order valence-corrected chi connectivity index (χ3v) is 2.52. The summed E-state index contributed by atoms with van der Waals surface area (Å²) in [4.78, 5) is 11.1. The molecule has 0 fully saturated rings. The van der Waals surface area contributed by atoms with E-state index in [0.29, 0.717) is 12.5 Å². The van der Waals surface area contributed by atoms with Crippen molar-refractivity contribution >= 4 is 5.91 Å². The van der Waals surface area contributed by atoms with Gasteiger partial charge >= 0.3 is 0 Å². The van der Waals surface area contributed by atoms with Crippen molar-refractivity contribution in [2.24, 2.45) is 5.92 Å². The molecule has 0 heterocycles. The van der Waals surface area contributed by atoms with Crippen LogP contribution >= 0.6 is 0 Å². The van der Waals surface area contributed by atoms with Gasteiger partial charge in [0.25, 0.3) is 0 Å². The van der Waals surface area contributed by atoms with Crippen molar-refractivity contribution in [2.75, 3.05) is 19.9 Å². The zero-order chi connectivity index (χ0) is 12.3. The molecule has 1 aliphatic rings. The molecule has 0 saturated heterocycles. The third-order valence-electron chi connectivity index (χ3n) is 2.52. The molecule has 1 rings (SSSR count). The highest BCUT2D eigenvalue weighted by atomic mass is 16.6. The number of rotatable bonds is 4. The highest BCUT2D eigenvalue weighted by Gasteiger charge is 2.04. The molecule has 0 aromatic carbocycles. The summed E-state index contributed by atoms with van der Waals surface area (Å²) >= 11 is 0. The number of carbonyl (C=O) groups is 1. The summed E-state index contributed by atoms with van der Waals surface area (Å²) in [6.07, 6.45) is 8.85. The molecule has 0 aromatic rings. The van der Waals surface area contributed by atoms with Gasteiger partial charge in [-0.25, -0.2) is 0 Å². The van der Waals surface area contributed by atoms with Gasteiger partial charge in [0.2, 0.25) is 5.91 Å². The van der Waals surface area contributed by atoms with Crippen molar-refractivity contribution in [1.82, 2.24) is 5.32 Å². The number of allylic oxidation sites excluding steroid dienone is 2. The van der Waals surface area contributed by atoms with Crippen LogP contribution in [0.1, 0.15) is 25.7 Å². The average molecular weight is 237 g/mol. The monoisotopic (exact) mass is 237 g/mol. The first kappa shape index (κ1) is 13.8. The second kappa shape index (κ2) is 8.80. The minimum Gasteiger partial charge on any atom is -0.371 e. The van der Waals surface area contributed by atoms with Crippen molar-refractivity contribution in [3.63, 3.8) is 0 Å². The van der Waals surface area contributed by atoms with Crippen molar-refractivity contribution in [1.29, 1.82) is 0 Å². The molecule has 2 N–H and O–H groups in total. The fourth-order valence-corrected chi connectivity index (χ4v) is 1.64. The summed E-state index contributed by atoms with van der Waals surface area (Å²) in [6.45, 7) is -0.217. The number of nitrogens with one attached hydrogen (secondary N) is 1. The van der Waals surface area contributed by atoms with Crippen LogP contribution in [0.4, 0.5) is 0 Å². The van der Waals surface area contributed by atoms with Gasteiger partial charge in [0.1, 0.15) is 13.4 Å². The Balaban J connectivity index is 2.16. The average Bonchev–Trinajstić information content (AvgIpc) is 2.60. The first-order valence-corrected chi connectivity index (χ1v) is 5.91. The van der Waals surface area contributed by atoms with Gasteiger partial charge in [-0.3, -0.25) is 4.79 Å². The van der Waals surface area contributed by atoms with Crippen LogP contribution < -0.4 is 5.32 Å². The van der Waals surface area contributed by atoms with Gasteiger partial charge in [-0.15, -0.1) is 0 Å². The van der Waals surface area contributed by atoms with E-state index >= 15 is 0 Å². The second-order valence-corrected chi connectivity index (χ2v) is 3.91. The normalized spacial score (nSPS) is 19.0. The zero-order valence-corrected chi connectivity index (χ0v) is 9.95. The Hall–Kier alpha value is -1.31. The summed E-state index contributed by atoms with van der Waals surface area (Å²) in [7, 11) is 0. The Morgan fingerprint density at radius 2 is 2.41 bits per heavy atom. The predicted molar refractivity (Wildman–Crippen MR) is 64.9 cm³/mol. The predicted octanol–water partition coefficient (Wildman–Crippen LogP) is 0.819. The molecule has 0 bridgehead atoms. The lowest BCUT2D eigenvalue weighted by Gasteiger charge is -2.04. The lowest BCUT2D eigenvalue weighted by molar-refractivity contribution is -0.128. The number of ether oxygens (including phenoxy) is 1. The minimum atomic E-state index is -0.437. The summed E-state index contributed by atoms with van der Waals surface area (Å²) in [5.41, 5.74) is 0. The van der Waals surface area contributed by atoms with Gasteiger partial charge in [0.15, 0.2) is 0 Å². The van der Waals surface area contributed by atoms with Crippen LogP contribution in [0.15, 0.2) is 12.2 Å². The summed E-state index contributed by atoms with van der Waals surface area (Å²) in [6, 6.07) is 0. The topological polar surface area (TPSA) is 58.6 Å². The minimum absolute atomic E-state index is 0.121. The van der Waals surface area contributed by atoms with E-state index in [4.69, 9.17) is 5.11 Å². The van der Waals surface area contributed by atoms with Crippen LogP contribution in [-0.2, 0) is 9.53 Å². The van der Waals surface area contributed by atoms with Crippen LogP contribution in [-0.4, -0.2) is 31.0 Å². The zero-order valence-electron chi connectivity index (χ0n) is 9.95. The van der Waals surface area contributed by atoms with Crippen LogP contribution in [0.25, 0.3) is 0 Å². The van der Waals surface area contributed by atoms with Gasteiger partial charge in [-0.2, -0.15) is 0 Å². The van der Waals surface area contributed by atoms with E-state index in [1.807, 2.05) is 0 Å². The van der Waals surface area contributed by atoms with Gasteiger partial charge in [0.05, 0.1) is 6.54 Å². The van der Waals surface area contributed by atoms with E-state index in [1.54, 1.807) is 0 Å². The molecule has 0 saturated carbocycles. The van der Waals surface area contributed by atoms with E-state index in [0.717, 1.165) is 19.3 Å². The smallest absolute Gasteiger partial charge is 0.246 e. The quantitative estimate of drug-likeness (QED) is 0.432. The van der Waals surface area contributed by atoms with Crippen LogP contribution in [0.5, 0.6) is 0 Å². The van der Waals surface area contributed by atoms with Gasteiger partial charge < -0.3 is 15.2 Å². The van der Waals surface area contributed by atoms with Gasteiger partial charge in [0, 0.05) is 5.92 Å². The number of aliphatic hydroxyl groups is 1. The van der Waals surface area contributed by atoms with Crippen LogP contribution in [0, 0.1) is 17.8 Å². The van der Waals surface area contributed by atoms with Crippen molar-refractivity contribution in [3.05, 3.63) is 12.2 Å². The SMILES string of the molecule is O=C(COCO)NCC#CC1CC=CCCC1. The molecule has 17 heavy (non-hydrogen) atoms. The Labute approximate surface area is 102 Å². The van der Waals surface area contributed by atoms with E-state index in [2.05, 4.69) is 34.0 Å². The number of hydrogen-bond acceptors (Lipinski definition) is 3. The maximum Gasteiger partial charge on any atom is 0.246 e. The molecule has 1 atom stereocenters. The number of hydrogen-bond donors (Lipinski definition) is 2. The third kappa shape index (κ3) is 6.77. The molecule has 0 aliphatic heterocycles. The molecule has 94 valence electrons. The first-order valence-electron chi connectivity index (χ1n) is 5.91. The molecule has 1 unspecified atom stereocenters. The molecule has 0 radical (unpaired) electrons. The van der Waals surface area contributed by atoms with Crippen molar-refractivity contribution in [2.45, 2.75) is 25.7 Å². The molecule has 4 nitrogen and oxygen atoms in total. The lowest BCUT2D eigenvalue weighted by atomic mass is 10.0. The molecule has 4 heteroatoms. The van der Waals surface area contributed by atoms with E-state index in [1.165, 1.54) is 6.42 Å². The molecular weight excluding hydrogens is 218 g/mol. The van der Waals surface area contributed by atoms with Crippen molar-refractivity contribution < 1.29 is 14.6 Å². The largest absolute Gasteiger partial charge is 0.371 e. The molecule has 0 aromatic heterocycles. The Bertz CT molecular complexity index is 314. The lowest BCUT2D eigenvalue weighted by Crippen LogP contribution is -2.28. The standard InChI is InChI=1S/C13H19NO3/c15-11-17-10-13(16)14-9-5-8-12-6-3-1-2-4-7-12/h1,3,12,15H,2,4,6-7,9-11H2,(H,14,16). The molecule has 1 aliphatic carbocycles. The Morgan fingerprint density at radius 1 is 1.53 bits per heavy atom. The number of aliphatic hydroxyl groups excluding tert-OH is 1.